The molecule has 0 unspecified atom stereocenters. The molecule has 8 rings (SSSR count). The number of ether oxygens (including phenoxy) is 1. The van der Waals surface area contributed by atoms with Gasteiger partial charge in [0, 0.05) is 39.5 Å². The normalized spacial score (nSPS) is 11.9. The fraction of sp³-hybridized carbons (Fsp3) is 0.143. The average Bonchev–Trinajstić information content (AvgIpc) is 3.48. The van der Waals surface area contributed by atoms with Crippen molar-refractivity contribution >= 4 is 43.6 Å². The lowest BCUT2D eigenvalue weighted by atomic mass is 9.85. The first kappa shape index (κ1) is 28.0. The van der Waals surface area contributed by atoms with Crippen LogP contribution >= 0.6 is 0 Å². The van der Waals surface area contributed by atoms with Gasteiger partial charge in [-0.1, -0.05) is 88.4 Å². The second-order valence-electron chi connectivity index (χ2n) is 12.6. The van der Waals surface area contributed by atoms with Crippen molar-refractivity contribution in [1.82, 2.24) is 9.97 Å². The van der Waals surface area contributed by atoms with Gasteiger partial charge in [-0.25, -0.2) is 0 Å². The zero-order valence-electron chi connectivity index (χ0n) is 26.4. The quantitative estimate of drug-likeness (QED) is 0.179. The van der Waals surface area contributed by atoms with Crippen LogP contribution in [0.4, 0.5) is 0 Å². The van der Waals surface area contributed by atoms with Crippen LogP contribution in [0.1, 0.15) is 50.7 Å². The minimum atomic E-state index is 0.409. The summed E-state index contributed by atoms with van der Waals surface area (Å²) in [5, 5.41) is 5.06. The molecule has 224 valence electrons. The summed E-state index contributed by atoms with van der Waals surface area (Å²) in [5.74, 6) is 2.28. The summed E-state index contributed by atoms with van der Waals surface area (Å²) in [5.41, 5.74) is 9.66. The van der Waals surface area contributed by atoms with E-state index >= 15 is 0 Å². The lowest BCUT2D eigenvalue weighted by Gasteiger charge is -2.20. The molecule has 0 radical (unpaired) electrons. The third-order valence-corrected chi connectivity index (χ3v) is 8.95. The van der Waals surface area contributed by atoms with E-state index < -0.39 is 0 Å². The highest BCUT2D eigenvalue weighted by molar-refractivity contribution is 6.22. The van der Waals surface area contributed by atoms with Gasteiger partial charge in [-0.3, -0.25) is 9.97 Å². The Morgan fingerprint density at radius 2 is 1.41 bits per heavy atom. The number of hydrogen-bond acceptors (Lipinski definition) is 4. The maximum absolute atomic E-state index is 6.78. The number of pyridine rings is 2. The molecule has 0 aliphatic carbocycles. The molecule has 0 spiro atoms. The molecule has 0 atom stereocenters. The van der Waals surface area contributed by atoms with E-state index in [-0.39, 0.29) is 0 Å². The first-order valence-electron chi connectivity index (χ1n) is 16.0. The highest BCUT2D eigenvalue weighted by Gasteiger charge is 2.19. The van der Waals surface area contributed by atoms with Crippen LogP contribution in [0.3, 0.4) is 0 Å². The summed E-state index contributed by atoms with van der Waals surface area (Å²) in [6.45, 7) is 9.05. The molecule has 0 saturated heterocycles. The molecule has 3 aromatic heterocycles. The Balaban J connectivity index is 1.26. The van der Waals surface area contributed by atoms with Crippen molar-refractivity contribution < 1.29 is 9.15 Å². The lowest BCUT2D eigenvalue weighted by Crippen LogP contribution is -2.00. The summed E-state index contributed by atoms with van der Waals surface area (Å²) >= 11 is 0. The molecule has 4 nitrogen and oxygen atoms in total. The number of para-hydroxylation sites is 1. The number of furan rings is 1. The van der Waals surface area contributed by atoms with Gasteiger partial charge >= 0.3 is 0 Å². The van der Waals surface area contributed by atoms with E-state index in [4.69, 9.17) is 19.1 Å². The zero-order chi connectivity index (χ0) is 31.4. The van der Waals surface area contributed by atoms with Crippen LogP contribution in [0.2, 0.25) is 0 Å². The van der Waals surface area contributed by atoms with E-state index in [1.54, 1.807) is 0 Å². The molecule has 46 heavy (non-hydrogen) atoms. The standard InChI is InChI=1S/C42H34N2O2/c1-25(2)31-14-8-15-32(26(3)4)39(31)29-19-21-43-36(23-29)28-10-7-12-30(22-28)45-38-24-35-33(18-17-27-11-9-20-44-41(27)35)42-40(38)34-13-5-6-16-37(34)46-42/h5-26H,1-4H3. The zero-order valence-corrected chi connectivity index (χ0v) is 26.4. The molecule has 0 fully saturated rings. The van der Waals surface area contributed by atoms with Crippen LogP contribution in [-0.2, 0) is 0 Å². The molecule has 8 aromatic rings. The predicted octanol–water partition coefficient (Wildman–Crippen LogP) is 12.1. The first-order valence-corrected chi connectivity index (χ1v) is 16.0. The Kier molecular flexibility index (Phi) is 6.79. The predicted molar refractivity (Wildman–Crippen MR) is 190 cm³/mol. The Bertz CT molecular complexity index is 2390. The van der Waals surface area contributed by atoms with Crippen molar-refractivity contribution in [3.05, 3.63) is 133 Å². The van der Waals surface area contributed by atoms with Crippen molar-refractivity contribution in [2.75, 3.05) is 0 Å². The maximum Gasteiger partial charge on any atom is 0.147 e. The van der Waals surface area contributed by atoms with Crippen molar-refractivity contribution in [1.29, 1.82) is 0 Å². The monoisotopic (exact) mass is 598 g/mol. The molecule has 4 heteroatoms. The van der Waals surface area contributed by atoms with Gasteiger partial charge in [0.2, 0.25) is 0 Å². The number of nitrogens with zero attached hydrogens (tertiary/aromatic N) is 2. The summed E-state index contributed by atoms with van der Waals surface area (Å²) in [4.78, 5) is 9.54. The highest BCUT2D eigenvalue weighted by atomic mass is 16.5. The van der Waals surface area contributed by atoms with Crippen molar-refractivity contribution in [2.45, 2.75) is 39.5 Å². The number of benzene rings is 5. The van der Waals surface area contributed by atoms with Crippen LogP contribution in [0, 0.1) is 0 Å². The molecule has 0 N–H and O–H groups in total. The molecule has 0 saturated carbocycles. The average molecular weight is 599 g/mol. The van der Waals surface area contributed by atoms with E-state index in [1.807, 2.05) is 48.8 Å². The van der Waals surface area contributed by atoms with Gasteiger partial charge in [0.25, 0.3) is 0 Å². The third-order valence-electron chi connectivity index (χ3n) is 8.95. The van der Waals surface area contributed by atoms with Gasteiger partial charge in [-0.05, 0) is 82.6 Å². The third kappa shape index (κ3) is 4.69. The van der Waals surface area contributed by atoms with E-state index in [9.17, 15) is 0 Å². The minimum absolute atomic E-state index is 0.409. The van der Waals surface area contributed by atoms with Crippen LogP contribution in [0.15, 0.2) is 126 Å². The molecule has 0 aliphatic heterocycles. The van der Waals surface area contributed by atoms with Gasteiger partial charge < -0.3 is 9.15 Å². The van der Waals surface area contributed by atoms with E-state index in [1.165, 1.54) is 22.3 Å². The van der Waals surface area contributed by atoms with Gasteiger partial charge in [-0.15, -0.1) is 0 Å². The Hall–Kier alpha value is -5.48. The summed E-state index contributed by atoms with van der Waals surface area (Å²) in [6, 6.07) is 37.7. The van der Waals surface area contributed by atoms with Crippen molar-refractivity contribution in [2.24, 2.45) is 0 Å². The summed E-state index contributed by atoms with van der Waals surface area (Å²) in [7, 11) is 0. The Labute approximate surface area is 268 Å². The summed E-state index contributed by atoms with van der Waals surface area (Å²) in [6.07, 6.45) is 3.75. The number of rotatable bonds is 6. The Morgan fingerprint density at radius 3 is 2.24 bits per heavy atom. The largest absolute Gasteiger partial charge is 0.457 e. The number of aromatic nitrogens is 2. The van der Waals surface area contributed by atoms with E-state index in [0.29, 0.717) is 11.8 Å². The molecule has 5 aromatic carbocycles. The van der Waals surface area contributed by atoms with E-state index in [2.05, 4.69) is 100 Å². The second-order valence-corrected chi connectivity index (χ2v) is 12.6. The number of hydrogen-bond donors (Lipinski definition) is 0. The molecule has 0 amide bonds. The Morgan fingerprint density at radius 1 is 0.609 bits per heavy atom. The minimum Gasteiger partial charge on any atom is -0.457 e. The van der Waals surface area contributed by atoms with Gasteiger partial charge in [0.1, 0.15) is 22.7 Å². The van der Waals surface area contributed by atoms with Crippen LogP contribution in [-0.4, -0.2) is 9.97 Å². The summed E-state index contributed by atoms with van der Waals surface area (Å²) < 4.78 is 13.3. The topological polar surface area (TPSA) is 48.2 Å². The fourth-order valence-corrected chi connectivity index (χ4v) is 6.75. The maximum atomic E-state index is 6.78. The molecule has 0 aliphatic rings. The van der Waals surface area contributed by atoms with Gasteiger partial charge in [0.05, 0.1) is 16.6 Å². The molecular formula is C42H34N2O2. The van der Waals surface area contributed by atoms with Crippen LogP contribution < -0.4 is 4.74 Å². The SMILES string of the molecule is CC(C)c1cccc(C(C)C)c1-c1ccnc(-c2cccc(Oc3cc4c(ccc5cccnc54)c4oc5ccccc5c34)c2)c1. The van der Waals surface area contributed by atoms with Gasteiger partial charge in [0.15, 0.2) is 0 Å². The highest BCUT2D eigenvalue weighted by Crippen LogP contribution is 2.44. The molecule has 0 bridgehead atoms. The van der Waals surface area contributed by atoms with Crippen molar-refractivity contribution in [3.8, 4) is 33.9 Å². The second kappa shape index (κ2) is 11.1. The fourth-order valence-electron chi connectivity index (χ4n) is 6.75. The first-order chi connectivity index (χ1) is 22.5. The van der Waals surface area contributed by atoms with Crippen LogP contribution in [0.25, 0.3) is 66.0 Å². The molecule has 3 heterocycles. The molecular weight excluding hydrogens is 564 g/mol. The van der Waals surface area contributed by atoms with Gasteiger partial charge in [-0.2, -0.15) is 0 Å². The lowest BCUT2D eigenvalue weighted by molar-refractivity contribution is 0.489. The van der Waals surface area contributed by atoms with E-state index in [0.717, 1.165) is 66.4 Å². The van der Waals surface area contributed by atoms with Crippen molar-refractivity contribution in [3.63, 3.8) is 0 Å². The van der Waals surface area contributed by atoms with Crippen LogP contribution in [0.5, 0.6) is 11.5 Å². The smallest absolute Gasteiger partial charge is 0.147 e. The number of fused-ring (bicyclic) bond motifs is 7.